The highest BCUT2D eigenvalue weighted by Crippen LogP contribution is 2.52. The molecule has 0 aromatic heterocycles. The normalized spacial score (nSPS) is 28.1. The van der Waals surface area contributed by atoms with Crippen molar-refractivity contribution in [2.75, 3.05) is 11.5 Å². The molecule has 0 radical (unpaired) electrons. The van der Waals surface area contributed by atoms with Gasteiger partial charge in [-0.15, -0.1) is 0 Å². The molecule has 2 aromatic rings. The largest absolute Gasteiger partial charge is 0.347 e. The van der Waals surface area contributed by atoms with E-state index < -0.39 is 11.4 Å². The van der Waals surface area contributed by atoms with Crippen LogP contribution in [0.4, 0.5) is 0 Å². The van der Waals surface area contributed by atoms with Crippen LogP contribution in [0, 0.1) is 5.92 Å². The van der Waals surface area contributed by atoms with Crippen molar-refractivity contribution in [3.05, 3.63) is 71.8 Å². The molecule has 2 fully saturated rings. The van der Waals surface area contributed by atoms with Crippen molar-refractivity contribution >= 4 is 11.8 Å². The fourth-order valence-corrected chi connectivity index (χ4v) is 5.44. The van der Waals surface area contributed by atoms with Crippen LogP contribution in [0.5, 0.6) is 0 Å². The summed E-state index contributed by atoms with van der Waals surface area (Å²) in [5.74, 6) is 1.94. The first-order chi connectivity index (χ1) is 11.6. The van der Waals surface area contributed by atoms with Crippen molar-refractivity contribution in [2.24, 2.45) is 5.92 Å². The summed E-state index contributed by atoms with van der Waals surface area (Å²) in [5.41, 5.74) is 2.00. The summed E-state index contributed by atoms with van der Waals surface area (Å²) < 4.78 is 13.1. The first-order valence-electron chi connectivity index (χ1n) is 8.69. The van der Waals surface area contributed by atoms with Crippen LogP contribution in [0.15, 0.2) is 60.7 Å². The number of hydrogen-bond acceptors (Lipinski definition) is 3. The molecule has 2 nitrogen and oxygen atoms in total. The van der Waals surface area contributed by atoms with E-state index in [2.05, 4.69) is 60.7 Å². The van der Waals surface area contributed by atoms with Gasteiger partial charge in [-0.2, -0.15) is 11.8 Å². The average Bonchev–Trinajstić information content (AvgIpc) is 2.61. The van der Waals surface area contributed by atoms with Crippen molar-refractivity contribution in [1.29, 1.82) is 0 Å². The highest BCUT2D eigenvalue weighted by Gasteiger charge is 2.55. The molecule has 0 amide bonds. The molecule has 0 N–H and O–H groups in total. The summed E-state index contributed by atoms with van der Waals surface area (Å²) in [5, 5.41) is 0. The molecule has 0 unspecified atom stereocenters. The Balaban J connectivity index is 1.93. The standard InChI is InChI=1S/C21H24O2S/c1-20(2)22-19-13-14-24-15-18(19)21(23-20,16-9-5-3-6-10-16)17-11-7-4-8-12-17/h3-12,18-19H,13-15H2,1-2H3/t18-,19+/m1/s1. The number of thioether (sulfide) groups is 1. The topological polar surface area (TPSA) is 18.5 Å². The van der Waals surface area contributed by atoms with Gasteiger partial charge in [0, 0.05) is 11.7 Å². The number of fused-ring (bicyclic) bond motifs is 1. The Morgan fingerprint density at radius 1 is 0.917 bits per heavy atom. The Hall–Kier alpha value is -1.29. The van der Waals surface area contributed by atoms with Gasteiger partial charge in [0.1, 0.15) is 5.60 Å². The fraction of sp³-hybridized carbons (Fsp3) is 0.429. The van der Waals surface area contributed by atoms with Gasteiger partial charge in [-0.3, -0.25) is 0 Å². The third kappa shape index (κ3) is 2.69. The molecular formula is C21H24O2S. The van der Waals surface area contributed by atoms with E-state index in [1.165, 1.54) is 11.1 Å². The maximum Gasteiger partial charge on any atom is 0.164 e. The van der Waals surface area contributed by atoms with Crippen LogP contribution in [0.1, 0.15) is 31.4 Å². The molecule has 0 spiro atoms. The van der Waals surface area contributed by atoms with Gasteiger partial charge in [0.05, 0.1) is 6.10 Å². The van der Waals surface area contributed by atoms with Crippen molar-refractivity contribution in [2.45, 2.75) is 37.8 Å². The Labute approximate surface area is 148 Å². The summed E-state index contributed by atoms with van der Waals surface area (Å²) in [6.07, 6.45) is 1.32. The number of hydrogen-bond donors (Lipinski definition) is 0. The molecule has 24 heavy (non-hydrogen) atoms. The minimum absolute atomic E-state index is 0.232. The zero-order valence-electron chi connectivity index (χ0n) is 14.3. The van der Waals surface area contributed by atoms with Crippen LogP contribution < -0.4 is 0 Å². The highest BCUT2D eigenvalue weighted by atomic mass is 32.2. The summed E-state index contributed by atoms with van der Waals surface area (Å²) >= 11 is 2.01. The van der Waals surface area contributed by atoms with E-state index in [0.29, 0.717) is 5.92 Å². The predicted octanol–water partition coefficient (Wildman–Crippen LogP) is 4.83. The molecule has 2 aliphatic rings. The number of rotatable bonds is 2. The van der Waals surface area contributed by atoms with E-state index >= 15 is 0 Å². The molecule has 0 bridgehead atoms. The van der Waals surface area contributed by atoms with Crippen LogP contribution in [-0.4, -0.2) is 23.4 Å². The van der Waals surface area contributed by atoms with Crippen LogP contribution >= 0.6 is 11.8 Å². The smallest absolute Gasteiger partial charge is 0.164 e. The Kier molecular flexibility index (Phi) is 4.19. The van der Waals surface area contributed by atoms with Crippen LogP contribution in [0.3, 0.4) is 0 Å². The Bertz CT molecular complexity index is 644. The first-order valence-corrected chi connectivity index (χ1v) is 9.84. The molecule has 0 aliphatic carbocycles. The molecular weight excluding hydrogens is 316 g/mol. The monoisotopic (exact) mass is 340 g/mol. The lowest BCUT2D eigenvalue weighted by Crippen LogP contribution is -2.59. The minimum atomic E-state index is -0.602. The lowest BCUT2D eigenvalue weighted by Gasteiger charge is -2.55. The van der Waals surface area contributed by atoms with Gasteiger partial charge >= 0.3 is 0 Å². The summed E-state index contributed by atoms with van der Waals surface area (Å²) in [4.78, 5) is 0. The number of ether oxygens (including phenoxy) is 2. The molecule has 126 valence electrons. The second-order valence-electron chi connectivity index (χ2n) is 7.10. The lowest BCUT2D eigenvalue weighted by atomic mass is 9.72. The second-order valence-corrected chi connectivity index (χ2v) is 8.25. The highest BCUT2D eigenvalue weighted by molar-refractivity contribution is 7.99. The zero-order valence-corrected chi connectivity index (χ0v) is 15.1. The van der Waals surface area contributed by atoms with E-state index in [1.54, 1.807) is 0 Å². The van der Waals surface area contributed by atoms with Gasteiger partial charge in [-0.1, -0.05) is 60.7 Å². The summed E-state index contributed by atoms with van der Waals surface area (Å²) in [6.45, 7) is 4.09. The van der Waals surface area contributed by atoms with Crippen LogP contribution in [0.25, 0.3) is 0 Å². The molecule has 2 atom stereocenters. The van der Waals surface area contributed by atoms with Crippen LogP contribution in [-0.2, 0) is 15.1 Å². The average molecular weight is 340 g/mol. The molecule has 2 heterocycles. The van der Waals surface area contributed by atoms with E-state index in [1.807, 2.05) is 25.6 Å². The van der Waals surface area contributed by atoms with Gasteiger partial charge in [-0.05, 0) is 37.1 Å². The van der Waals surface area contributed by atoms with E-state index in [0.717, 1.165) is 17.9 Å². The first kappa shape index (κ1) is 16.2. The molecule has 0 saturated carbocycles. The van der Waals surface area contributed by atoms with Gasteiger partial charge in [0.15, 0.2) is 5.79 Å². The van der Waals surface area contributed by atoms with E-state index in [-0.39, 0.29) is 6.10 Å². The zero-order chi connectivity index (χ0) is 16.6. The number of benzene rings is 2. The summed E-state index contributed by atoms with van der Waals surface area (Å²) in [6, 6.07) is 21.4. The third-order valence-electron chi connectivity index (χ3n) is 5.06. The lowest BCUT2D eigenvalue weighted by molar-refractivity contribution is -0.349. The molecule has 2 saturated heterocycles. The molecule has 2 aromatic carbocycles. The van der Waals surface area contributed by atoms with E-state index in [4.69, 9.17) is 9.47 Å². The van der Waals surface area contributed by atoms with Gasteiger partial charge in [0.25, 0.3) is 0 Å². The van der Waals surface area contributed by atoms with E-state index in [9.17, 15) is 0 Å². The fourth-order valence-electron chi connectivity index (χ4n) is 4.17. The SMILES string of the molecule is CC1(C)O[C@H]2CCSC[C@H]2C(c2ccccc2)(c2ccccc2)O1. The van der Waals surface area contributed by atoms with Crippen molar-refractivity contribution in [3.63, 3.8) is 0 Å². The predicted molar refractivity (Wildman–Crippen MR) is 99.1 cm³/mol. The maximum absolute atomic E-state index is 6.77. The van der Waals surface area contributed by atoms with Crippen molar-refractivity contribution < 1.29 is 9.47 Å². The quantitative estimate of drug-likeness (QED) is 0.780. The van der Waals surface area contributed by atoms with Crippen molar-refractivity contribution in [1.82, 2.24) is 0 Å². The van der Waals surface area contributed by atoms with Gasteiger partial charge < -0.3 is 9.47 Å². The second kappa shape index (κ2) is 6.21. The molecule has 3 heteroatoms. The maximum atomic E-state index is 6.77. The third-order valence-corrected chi connectivity index (χ3v) is 6.18. The van der Waals surface area contributed by atoms with Gasteiger partial charge in [0.2, 0.25) is 0 Å². The van der Waals surface area contributed by atoms with Crippen LogP contribution in [0.2, 0.25) is 0 Å². The summed E-state index contributed by atoms with van der Waals surface area (Å²) in [7, 11) is 0. The minimum Gasteiger partial charge on any atom is -0.347 e. The van der Waals surface area contributed by atoms with Crippen molar-refractivity contribution in [3.8, 4) is 0 Å². The van der Waals surface area contributed by atoms with Gasteiger partial charge in [-0.25, -0.2) is 0 Å². The molecule has 2 aliphatic heterocycles. The Morgan fingerprint density at radius 2 is 1.50 bits per heavy atom. The Morgan fingerprint density at radius 3 is 2.08 bits per heavy atom. The molecule has 4 rings (SSSR count).